The van der Waals surface area contributed by atoms with E-state index in [9.17, 15) is 0 Å². The summed E-state index contributed by atoms with van der Waals surface area (Å²) in [7, 11) is 0. The summed E-state index contributed by atoms with van der Waals surface area (Å²) in [6.07, 6.45) is 3.15. The van der Waals surface area contributed by atoms with E-state index in [4.69, 9.17) is 9.84 Å². The van der Waals surface area contributed by atoms with E-state index in [1.807, 2.05) is 0 Å². The first-order valence-corrected chi connectivity index (χ1v) is 7.74. The molecule has 1 rings (SSSR count). The Bertz CT molecular complexity index is 206. The van der Waals surface area contributed by atoms with E-state index < -0.39 is 0 Å². The lowest BCUT2D eigenvalue weighted by atomic mass is 9.81. The zero-order valence-electron chi connectivity index (χ0n) is 11.1. The number of ether oxygens (including phenoxy) is 1. The average molecular weight is 308 g/mol. The SMILES string of the molecule is CC(C)N(CCCO)CC1(CBr)CCOCC1. The van der Waals surface area contributed by atoms with E-state index in [1.54, 1.807) is 0 Å². The molecule has 0 amide bonds. The standard InChI is InChI=1S/C13H26BrNO2/c1-12(2)15(6-3-7-16)11-13(10-14)4-8-17-9-5-13/h12,16H,3-11H2,1-2H3. The van der Waals surface area contributed by atoms with Crippen molar-refractivity contribution in [3.05, 3.63) is 0 Å². The molecule has 0 atom stereocenters. The highest BCUT2D eigenvalue weighted by Crippen LogP contribution is 2.34. The molecule has 1 aliphatic heterocycles. The molecular weight excluding hydrogens is 282 g/mol. The number of aliphatic hydroxyl groups is 1. The minimum atomic E-state index is 0.285. The molecule has 1 N–H and O–H groups in total. The number of alkyl halides is 1. The van der Waals surface area contributed by atoms with E-state index in [-0.39, 0.29) is 6.61 Å². The van der Waals surface area contributed by atoms with Crippen LogP contribution in [0.1, 0.15) is 33.1 Å². The van der Waals surface area contributed by atoms with Crippen LogP contribution in [0.2, 0.25) is 0 Å². The van der Waals surface area contributed by atoms with E-state index in [0.717, 1.165) is 50.9 Å². The van der Waals surface area contributed by atoms with Gasteiger partial charge in [-0.15, -0.1) is 0 Å². The van der Waals surface area contributed by atoms with E-state index >= 15 is 0 Å². The van der Waals surface area contributed by atoms with E-state index in [2.05, 4.69) is 34.7 Å². The number of halogens is 1. The zero-order valence-corrected chi connectivity index (χ0v) is 12.7. The molecular formula is C13H26BrNO2. The average Bonchev–Trinajstić information content (AvgIpc) is 2.35. The third kappa shape index (κ3) is 4.86. The summed E-state index contributed by atoms with van der Waals surface area (Å²) in [5, 5.41) is 10.0. The summed E-state index contributed by atoms with van der Waals surface area (Å²) >= 11 is 3.68. The molecule has 1 fully saturated rings. The van der Waals surface area contributed by atoms with Crippen LogP contribution < -0.4 is 0 Å². The van der Waals surface area contributed by atoms with Crippen LogP contribution in [-0.4, -0.2) is 54.3 Å². The van der Waals surface area contributed by atoms with Crippen LogP contribution in [0.15, 0.2) is 0 Å². The van der Waals surface area contributed by atoms with Crippen molar-refractivity contribution in [3.8, 4) is 0 Å². The quantitative estimate of drug-likeness (QED) is 0.732. The Morgan fingerprint density at radius 3 is 2.47 bits per heavy atom. The fourth-order valence-corrected chi connectivity index (χ4v) is 3.10. The van der Waals surface area contributed by atoms with Gasteiger partial charge < -0.3 is 14.7 Å². The van der Waals surface area contributed by atoms with Gasteiger partial charge in [0.2, 0.25) is 0 Å². The Kier molecular flexibility index (Phi) is 7.00. The van der Waals surface area contributed by atoms with Crippen LogP contribution in [-0.2, 0) is 4.74 Å². The maximum atomic E-state index is 8.97. The van der Waals surface area contributed by atoms with E-state index in [0.29, 0.717) is 11.5 Å². The molecule has 0 aromatic carbocycles. The molecule has 0 aromatic heterocycles. The highest BCUT2D eigenvalue weighted by Gasteiger charge is 2.33. The predicted molar refractivity (Wildman–Crippen MR) is 74.7 cm³/mol. The smallest absolute Gasteiger partial charge is 0.0472 e. The second-order valence-electron chi connectivity index (χ2n) is 5.39. The Labute approximate surface area is 114 Å². The fraction of sp³-hybridized carbons (Fsp3) is 1.00. The van der Waals surface area contributed by atoms with Crippen molar-refractivity contribution in [3.63, 3.8) is 0 Å². The van der Waals surface area contributed by atoms with Gasteiger partial charge in [-0.05, 0) is 38.5 Å². The fourth-order valence-electron chi connectivity index (χ4n) is 2.36. The molecule has 1 saturated heterocycles. The molecule has 0 bridgehead atoms. The molecule has 3 nitrogen and oxygen atoms in total. The molecule has 0 saturated carbocycles. The highest BCUT2D eigenvalue weighted by atomic mass is 79.9. The molecule has 1 aliphatic rings. The predicted octanol–water partition coefficient (Wildman–Crippen LogP) is 2.27. The summed E-state index contributed by atoms with van der Waals surface area (Å²) in [4.78, 5) is 2.49. The lowest BCUT2D eigenvalue weighted by molar-refractivity contribution is 0.00200. The lowest BCUT2D eigenvalue weighted by Gasteiger charge is -2.41. The van der Waals surface area contributed by atoms with Crippen LogP contribution in [0.3, 0.4) is 0 Å². The molecule has 102 valence electrons. The van der Waals surface area contributed by atoms with Gasteiger partial charge in [-0.1, -0.05) is 15.9 Å². The second-order valence-corrected chi connectivity index (χ2v) is 5.95. The first-order valence-electron chi connectivity index (χ1n) is 6.62. The minimum Gasteiger partial charge on any atom is -0.396 e. The van der Waals surface area contributed by atoms with Gasteiger partial charge in [0.25, 0.3) is 0 Å². The van der Waals surface area contributed by atoms with Crippen LogP contribution >= 0.6 is 15.9 Å². The summed E-state index contributed by atoms with van der Waals surface area (Å²) < 4.78 is 5.47. The van der Waals surface area contributed by atoms with Gasteiger partial charge in [0.05, 0.1) is 0 Å². The summed E-state index contributed by atoms with van der Waals surface area (Å²) in [5.41, 5.74) is 0.359. The molecule has 0 spiro atoms. The largest absolute Gasteiger partial charge is 0.396 e. The van der Waals surface area contributed by atoms with Gasteiger partial charge in [0.15, 0.2) is 0 Å². The van der Waals surface area contributed by atoms with Crippen molar-refractivity contribution >= 4 is 15.9 Å². The monoisotopic (exact) mass is 307 g/mol. The van der Waals surface area contributed by atoms with Crippen LogP contribution in [0.25, 0.3) is 0 Å². The van der Waals surface area contributed by atoms with Crippen LogP contribution in [0, 0.1) is 5.41 Å². The first-order chi connectivity index (χ1) is 8.13. The minimum absolute atomic E-state index is 0.285. The Morgan fingerprint density at radius 1 is 1.35 bits per heavy atom. The third-order valence-corrected chi connectivity index (χ3v) is 4.90. The molecule has 4 heteroatoms. The van der Waals surface area contributed by atoms with Crippen molar-refractivity contribution in [2.75, 3.05) is 38.2 Å². The highest BCUT2D eigenvalue weighted by molar-refractivity contribution is 9.09. The van der Waals surface area contributed by atoms with Gasteiger partial charge in [-0.3, -0.25) is 0 Å². The third-order valence-electron chi connectivity index (χ3n) is 3.71. The topological polar surface area (TPSA) is 32.7 Å². The van der Waals surface area contributed by atoms with Crippen LogP contribution in [0.4, 0.5) is 0 Å². The first kappa shape index (κ1) is 15.4. The number of aliphatic hydroxyl groups excluding tert-OH is 1. The number of rotatable bonds is 7. The van der Waals surface area contributed by atoms with Crippen molar-refractivity contribution in [2.24, 2.45) is 5.41 Å². The van der Waals surface area contributed by atoms with Crippen molar-refractivity contribution in [1.82, 2.24) is 4.90 Å². The van der Waals surface area contributed by atoms with Gasteiger partial charge in [-0.25, -0.2) is 0 Å². The van der Waals surface area contributed by atoms with Gasteiger partial charge in [-0.2, -0.15) is 0 Å². The van der Waals surface area contributed by atoms with Gasteiger partial charge in [0.1, 0.15) is 0 Å². The molecule has 1 heterocycles. The Balaban J connectivity index is 2.55. The molecule has 0 aliphatic carbocycles. The number of hydrogen-bond acceptors (Lipinski definition) is 3. The van der Waals surface area contributed by atoms with Crippen LogP contribution in [0.5, 0.6) is 0 Å². The number of hydrogen-bond donors (Lipinski definition) is 1. The lowest BCUT2D eigenvalue weighted by Crippen LogP contribution is -2.45. The molecule has 17 heavy (non-hydrogen) atoms. The summed E-state index contributed by atoms with van der Waals surface area (Å²) in [6.45, 7) is 8.63. The van der Waals surface area contributed by atoms with Crippen molar-refractivity contribution < 1.29 is 9.84 Å². The number of nitrogens with zero attached hydrogens (tertiary/aromatic N) is 1. The molecule has 0 radical (unpaired) electrons. The van der Waals surface area contributed by atoms with Crippen molar-refractivity contribution in [1.29, 1.82) is 0 Å². The maximum Gasteiger partial charge on any atom is 0.0472 e. The Hall–Kier alpha value is 0.360. The molecule has 0 unspecified atom stereocenters. The Morgan fingerprint density at radius 2 is 2.00 bits per heavy atom. The second kappa shape index (κ2) is 7.72. The van der Waals surface area contributed by atoms with E-state index in [1.165, 1.54) is 0 Å². The maximum absolute atomic E-state index is 8.97. The summed E-state index contributed by atoms with van der Waals surface area (Å²) in [6, 6.07) is 0.542. The normalized spacial score (nSPS) is 20.1. The van der Waals surface area contributed by atoms with Crippen molar-refractivity contribution in [2.45, 2.75) is 39.2 Å². The molecule has 0 aromatic rings. The zero-order chi connectivity index (χ0) is 12.7. The summed E-state index contributed by atoms with van der Waals surface area (Å²) in [5.74, 6) is 0. The van der Waals surface area contributed by atoms with Gasteiger partial charge in [0, 0.05) is 44.3 Å². The van der Waals surface area contributed by atoms with Gasteiger partial charge >= 0.3 is 0 Å².